The van der Waals surface area contributed by atoms with Crippen LogP contribution in [0.2, 0.25) is 0 Å². The van der Waals surface area contributed by atoms with Gasteiger partial charge in [0.25, 0.3) is 0 Å². The Morgan fingerprint density at radius 2 is 1.78 bits per heavy atom. The summed E-state index contributed by atoms with van der Waals surface area (Å²) in [5.41, 5.74) is 5.69. The van der Waals surface area contributed by atoms with E-state index in [9.17, 15) is 4.79 Å². The Kier molecular flexibility index (Phi) is 7.33. The molecule has 3 nitrogen and oxygen atoms in total. The third kappa shape index (κ3) is 4.27. The summed E-state index contributed by atoms with van der Waals surface area (Å²) in [7, 11) is 0. The zero-order chi connectivity index (χ0) is 13.4. The van der Waals surface area contributed by atoms with Crippen LogP contribution in [0.5, 0.6) is 0 Å². The molecule has 106 valence electrons. The summed E-state index contributed by atoms with van der Waals surface area (Å²) in [6.07, 6.45) is 9.14. The molecule has 0 spiro atoms. The second kappa shape index (κ2) is 8.52. The van der Waals surface area contributed by atoms with E-state index in [1.807, 2.05) is 0 Å². The van der Waals surface area contributed by atoms with Crippen LogP contribution in [0.4, 0.5) is 0 Å². The molecule has 1 amide bonds. The molecule has 1 aliphatic rings. The normalized spacial score (nSPS) is 16.4. The smallest absolute Gasteiger partial charge is 0.225 e. The Labute approximate surface area is 112 Å². The zero-order valence-electron chi connectivity index (χ0n) is 12.2. The van der Waals surface area contributed by atoms with Crippen molar-refractivity contribution >= 4 is 5.91 Å². The monoisotopic (exact) mass is 254 g/mol. The fourth-order valence-corrected chi connectivity index (χ4v) is 3.15. The van der Waals surface area contributed by atoms with Crippen molar-refractivity contribution in [3.8, 4) is 0 Å². The SMILES string of the molecule is CCCC(CCC)C(=O)N(CCN)C1CCCC1. The lowest BCUT2D eigenvalue weighted by Crippen LogP contribution is -2.45. The molecule has 1 fully saturated rings. The summed E-state index contributed by atoms with van der Waals surface area (Å²) >= 11 is 0. The molecule has 0 heterocycles. The fraction of sp³-hybridized carbons (Fsp3) is 0.933. The first-order valence-corrected chi connectivity index (χ1v) is 7.75. The van der Waals surface area contributed by atoms with Crippen LogP contribution in [0.25, 0.3) is 0 Å². The van der Waals surface area contributed by atoms with Gasteiger partial charge in [-0.3, -0.25) is 4.79 Å². The van der Waals surface area contributed by atoms with Crippen molar-refractivity contribution < 1.29 is 4.79 Å². The van der Waals surface area contributed by atoms with Gasteiger partial charge in [0, 0.05) is 25.0 Å². The van der Waals surface area contributed by atoms with Gasteiger partial charge in [-0.2, -0.15) is 0 Å². The lowest BCUT2D eigenvalue weighted by atomic mass is 9.95. The van der Waals surface area contributed by atoms with Gasteiger partial charge in [0.1, 0.15) is 0 Å². The second-order valence-corrected chi connectivity index (χ2v) is 5.53. The second-order valence-electron chi connectivity index (χ2n) is 5.53. The largest absolute Gasteiger partial charge is 0.338 e. The predicted molar refractivity (Wildman–Crippen MR) is 76.3 cm³/mol. The molecule has 0 bridgehead atoms. The third-order valence-electron chi connectivity index (χ3n) is 4.04. The summed E-state index contributed by atoms with van der Waals surface area (Å²) in [6, 6.07) is 0.470. The molecule has 0 aromatic rings. The van der Waals surface area contributed by atoms with Gasteiger partial charge in [0.2, 0.25) is 5.91 Å². The van der Waals surface area contributed by atoms with E-state index in [4.69, 9.17) is 5.73 Å². The van der Waals surface area contributed by atoms with E-state index in [1.54, 1.807) is 0 Å². The Bertz CT molecular complexity index is 231. The van der Waals surface area contributed by atoms with Crippen LogP contribution < -0.4 is 5.73 Å². The fourth-order valence-electron chi connectivity index (χ4n) is 3.15. The van der Waals surface area contributed by atoms with E-state index in [-0.39, 0.29) is 5.92 Å². The van der Waals surface area contributed by atoms with Gasteiger partial charge in [0.05, 0.1) is 0 Å². The molecule has 1 aliphatic carbocycles. The van der Waals surface area contributed by atoms with E-state index >= 15 is 0 Å². The topological polar surface area (TPSA) is 46.3 Å². The van der Waals surface area contributed by atoms with Crippen molar-refractivity contribution in [2.75, 3.05) is 13.1 Å². The highest BCUT2D eigenvalue weighted by atomic mass is 16.2. The Morgan fingerprint density at radius 1 is 1.22 bits per heavy atom. The number of amides is 1. The van der Waals surface area contributed by atoms with Crippen LogP contribution in [0.1, 0.15) is 65.2 Å². The van der Waals surface area contributed by atoms with Crippen molar-refractivity contribution in [1.82, 2.24) is 4.90 Å². The van der Waals surface area contributed by atoms with Gasteiger partial charge in [-0.05, 0) is 25.7 Å². The van der Waals surface area contributed by atoms with Crippen molar-refractivity contribution in [2.24, 2.45) is 11.7 Å². The van der Waals surface area contributed by atoms with Crippen LogP contribution in [0.15, 0.2) is 0 Å². The van der Waals surface area contributed by atoms with Crippen molar-refractivity contribution in [2.45, 2.75) is 71.3 Å². The maximum atomic E-state index is 12.7. The van der Waals surface area contributed by atoms with Crippen molar-refractivity contribution in [3.05, 3.63) is 0 Å². The number of rotatable bonds is 8. The summed E-state index contributed by atoms with van der Waals surface area (Å²) in [6.45, 7) is 5.66. The van der Waals surface area contributed by atoms with Gasteiger partial charge >= 0.3 is 0 Å². The summed E-state index contributed by atoms with van der Waals surface area (Å²) < 4.78 is 0. The van der Waals surface area contributed by atoms with Crippen LogP contribution in [0, 0.1) is 5.92 Å². The van der Waals surface area contributed by atoms with Crippen molar-refractivity contribution in [3.63, 3.8) is 0 Å². The number of hydrogen-bond donors (Lipinski definition) is 1. The number of carbonyl (C=O) groups is 1. The molecule has 1 rings (SSSR count). The maximum absolute atomic E-state index is 12.7. The number of hydrogen-bond acceptors (Lipinski definition) is 2. The Morgan fingerprint density at radius 3 is 2.22 bits per heavy atom. The quantitative estimate of drug-likeness (QED) is 0.724. The first-order valence-electron chi connectivity index (χ1n) is 7.75. The highest BCUT2D eigenvalue weighted by Crippen LogP contribution is 2.26. The van der Waals surface area contributed by atoms with Crippen LogP contribution in [0.3, 0.4) is 0 Å². The van der Waals surface area contributed by atoms with Crippen molar-refractivity contribution in [1.29, 1.82) is 0 Å². The predicted octanol–water partition coefficient (Wildman–Crippen LogP) is 2.93. The number of nitrogens with zero attached hydrogens (tertiary/aromatic N) is 1. The number of nitrogens with two attached hydrogens (primary N) is 1. The molecular formula is C15H30N2O. The summed E-state index contributed by atoms with van der Waals surface area (Å²) in [5, 5.41) is 0. The molecule has 1 saturated carbocycles. The zero-order valence-corrected chi connectivity index (χ0v) is 12.2. The molecule has 0 atom stereocenters. The maximum Gasteiger partial charge on any atom is 0.225 e. The Balaban J connectivity index is 2.65. The average Bonchev–Trinajstić information content (AvgIpc) is 2.88. The molecule has 0 aromatic carbocycles. The highest BCUT2D eigenvalue weighted by Gasteiger charge is 2.29. The average molecular weight is 254 g/mol. The van der Waals surface area contributed by atoms with Gasteiger partial charge in [-0.15, -0.1) is 0 Å². The summed E-state index contributed by atoms with van der Waals surface area (Å²) in [4.78, 5) is 14.8. The van der Waals surface area contributed by atoms with E-state index < -0.39 is 0 Å². The minimum atomic E-state index is 0.229. The van der Waals surface area contributed by atoms with E-state index in [2.05, 4.69) is 18.7 Å². The number of carbonyl (C=O) groups excluding carboxylic acids is 1. The van der Waals surface area contributed by atoms with E-state index in [0.29, 0.717) is 18.5 Å². The first-order chi connectivity index (χ1) is 8.74. The third-order valence-corrected chi connectivity index (χ3v) is 4.04. The molecule has 0 aliphatic heterocycles. The van der Waals surface area contributed by atoms with Gasteiger partial charge < -0.3 is 10.6 Å². The first kappa shape index (κ1) is 15.5. The van der Waals surface area contributed by atoms with Gasteiger partial charge in [-0.25, -0.2) is 0 Å². The molecule has 18 heavy (non-hydrogen) atoms. The molecular weight excluding hydrogens is 224 g/mol. The molecule has 0 saturated heterocycles. The van der Waals surface area contributed by atoms with Crippen LogP contribution >= 0.6 is 0 Å². The lowest BCUT2D eigenvalue weighted by Gasteiger charge is -2.32. The Hall–Kier alpha value is -0.570. The standard InChI is InChI=1S/C15H30N2O/c1-3-7-13(8-4-2)15(18)17(12-11-16)14-9-5-6-10-14/h13-14H,3-12,16H2,1-2H3. The highest BCUT2D eigenvalue weighted by molar-refractivity contribution is 5.79. The van der Waals surface area contributed by atoms with Gasteiger partial charge in [-0.1, -0.05) is 39.5 Å². The molecule has 2 N–H and O–H groups in total. The van der Waals surface area contributed by atoms with Crippen LogP contribution in [-0.4, -0.2) is 29.9 Å². The van der Waals surface area contributed by atoms with E-state index in [0.717, 1.165) is 32.2 Å². The lowest BCUT2D eigenvalue weighted by molar-refractivity contribution is -0.138. The van der Waals surface area contributed by atoms with Crippen LogP contribution in [-0.2, 0) is 4.79 Å². The molecule has 3 heteroatoms. The molecule has 0 aromatic heterocycles. The molecule has 0 radical (unpaired) electrons. The van der Waals surface area contributed by atoms with Gasteiger partial charge in [0.15, 0.2) is 0 Å². The molecule has 0 unspecified atom stereocenters. The summed E-state index contributed by atoms with van der Waals surface area (Å²) in [5.74, 6) is 0.600. The van der Waals surface area contributed by atoms with E-state index in [1.165, 1.54) is 25.7 Å². The minimum Gasteiger partial charge on any atom is -0.338 e. The minimum absolute atomic E-state index is 0.229.